The number of pyridine rings is 1. The number of hydrogen-bond donors (Lipinski definition) is 2. The van der Waals surface area contributed by atoms with Gasteiger partial charge in [-0.1, -0.05) is 12.1 Å². The zero-order chi connectivity index (χ0) is 15.2. The Hall–Kier alpha value is -2.70. The summed E-state index contributed by atoms with van der Waals surface area (Å²) in [7, 11) is 1.73. The topological polar surface area (TPSA) is 63.2 Å². The van der Waals surface area contributed by atoms with Crippen molar-refractivity contribution in [2.75, 3.05) is 17.7 Å². The van der Waals surface area contributed by atoms with E-state index in [0.717, 1.165) is 5.69 Å². The van der Waals surface area contributed by atoms with Crippen LogP contribution in [0.15, 0.2) is 42.6 Å². The van der Waals surface area contributed by atoms with E-state index in [0.29, 0.717) is 0 Å². The second kappa shape index (κ2) is 6.65. The third-order valence-corrected chi connectivity index (χ3v) is 2.64. The van der Waals surface area contributed by atoms with E-state index in [-0.39, 0.29) is 17.1 Å². The van der Waals surface area contributed by atoms with Gasteiger partial charge in [0.25, 0.3) is 5.91 Å². The maximum atomic E-state index is 12.3. The number of nitrogens with one attached hydrogen (secondary N) is 2. The van der Waals surface area contributed by atoms with Gasteiger partial charge in [0.15, 0.2) is 0 Å². The summed E-state index contributed by atoms with van der Waals surface area (Å²) in [6, 6.07) is 9.16. The molecule has 1 heterocycles. The van der Waals surface area contributed by atoms with Gasteiger partial charge in [0.1, 0.15) is 11.4 Å². The number of carbonyl (C=O) groups is 1. The van der Waals surface area contributed by atoms with Crippen molar-refractivity contribution >= 4 is 17.3 Å². The second-order valence-corrected chi connectivity index (χ2v) is 4.01. The first-order chi connectivity index (χ1) is 10.1. The van der Waals surface area contributed by atoms with Crippen molar-refractivity contribution in [2.24, 2.45) is 0 Å². The van der Waals surface area contributed by atoms with Crippen LogP contribution in [0.1, 0.15) is 10.5 Å². The first kappa shape index (κ1) is 14.7. The number of benzene rings is 1. The highest BCUT2D eigenvalue weighted by atomic mass is 19.3. The predicted octanol–water partition coefficient (Wildman–Crippen LogP) is 2.98. The summed E-state index contributed by atoms with van der Waals surface area (Å²) in [5, 5.41) is 5.37. The third kappa shape index (κ3) is 3.88. The fourth-order valence-electron chi connectivity index (χ4n) is 1.63. The average Bonchev–Trinajstić information content (AvgIpc) is 2.49. The van der Waals surface area contributed by atoms with Crippen LogP contribution in [0.3, 0.4) is 0 Å². The van der Waals surface area contributed by atoms with E-state index in [4.69, 9.17) is 0 Å². The summed E-state index contributed by atoms with van der Waals surface area (Å²) < 4.78 is 28.9. The van der Waals surface area contributed by atoms with E-state index in [1.54, 1.807) is 19.2 Å². The molecule has 0 aliphatic carbocycles. The van der Waals surface area contributed by atoms with Crippen LogP contribution in [0.25, 0.3) is 0 Å². The molecule has 0 bridgehead atoms. The van der Waals surface area contributed by atoms with E-state index in [2.05, 4.69) is 20.4 Å². The van der Waals surface area contributed by atoms with Gasteiger partial charge in [-0.2, -0.15) is 8.78 Å². The van der Waals surface area contributed by atoms with Crippen LogP contribution < -0.4 is 15.4 Å². The highest BCUT2D eigenvalue weighted by molar-refractivity contribution is 6.03. The number of hydrogen-bond acceptors (Lipinski definition) is 4. The molecule has 0 aliphatic heterocycles. The smallest absolute Gasteiger partial charge is 0.387 e. The molecular formula is C14H13F2N3O2. The van der Waals surface area contributed by atoms with Gasteiger partial charge in [-0.25, -0.2) is 4.98 Å². The summed E-state index contributed by atoms with van der Waals surface area (Å²) in [6.07, 6.45) is 1.50. The Morgan fingerprint density at radius 1 is 1.24 bits per heavy atom. The first-order valence-electron chi connectivity index (χ1n) is 6.09. The van der Waals surface area contributed by atoms with Gasteiger partial charge in [-0.3, -0.25) is 4.79 Å². The number of alkyl halides is 2. The summed E-state index contributed by atoms with van der Waals surface area (Å²) in [5.41, 5.74) is 1.08. The number of amides is 1. The van der Waals surface area contributed by atoms with Gasteiger partial charge in [-0.05, 0) is 24.3 Å². The normalized spacial score (nSPS) is 10.3. The van der Waals surface area contributed by atoms with Crippen molar-refractivity contribution in [3.8, 4) is 5.75 Å². The molecule has 1 amide bonds. The van der Waals surface area contributed by atoms with Crippen LogP contribution in [-0.2, 0) is 0 Å². The van der Waals surface area contributed by atoms with Crippen LogP contribution in [0.5, 0.6) is 5.75 Å². The number of aromatic nitrogens is 1. The van der Waals surface area contributed by atoms with E-state index in [1.807, 2.05) is 0 Å². The number of anilines is 2. The molecule has 5 nitrogen and oxygen atoms in total. The number of halogens is 2. The molecule has 0 aliphatic rings. The monoisotopic (exact) mass is 293 g/mol. The zero-order valence-electron chi connectivity index (χ0n) is 11.1. The summed E-state index contributed by atoms with van der Waals surface area (Å²) in [6.45, 7) is -2.96. The highest BCUT2D eigenvalue weighted by Gasteiger charge is 2.13. The van der Waals surface area contributed by atoms with Crippen molar-refractivity contribution in [3.63, 3.8) is 0 Å². The zero-order valence-corrected chi connectivity index (χ0v) is 11.1. The molecule has 0 fully saturated rings. The molecule has 110 valence electrons. The molecule has 1 aromatic heterocycles. The molecule has 2 N–H and O–H groups in total. The number of rotatable bonds is 5. The average molecular weight is 293 g/mol. The molecule has 2 rings (SSSR count). The lowest BCUT2D eigenvalue weighted by atomic mass is 10.2. The predicted molar refractivity (Wildman–Crippen MR) is 74.8 cm³/mol. The summed E-state index contributed by atoms with van der Waals surface area (Å²) in [5.74, 6) is -0.615. The van der Waals surface area contributed by atoms with Crippen molar-refractivity contribution in [1.29, 1.82) is 0 Å². The molecule has 0 unspecified atom stereocenters. The minimum absolute atomic E-state index is 0.104. The van der Waals surface area contributed by atoms with E-state index < -0.39 is 12.5 Å². The largest absolute Gasteiger partial charge is 0.433 e. The summed E-state index contributed by atoms with van der Waals surface area (Å²) in [4.78, 5) is 16.0. The van der Waals surface area contributed by atoms with Crippen molar-refractivity contribution in [3.05, 3.63) is 48.3 Å². The minimum atomic E-state index is -2.96. The Balaban J connectivity index is 2.15. The standard InChI is InChI=1S/C14H13F2N3O2/c1-17-9-6-7-11(18-8-9)13(20)19-10-4-2-3-5-12(10)21-14(15)16/h2-8,14,17H,1H3,(H,19,20). The Bertz CT molecular complexity index is 618. The third-order valence-electron chi connectivity index (χ3n) is 2.64. The first-order valence-corrected chi connectivity index (χ1v) is 6.09. The molecule has 0 saturated carbocycles. The van der Waals surface area contributed by atoms with Gasteiger partial charge in [0.05, 0.1) is 17.6 Å². The lowest BCUT2D eigenvalue weighted by Crippen LogP contribution is -2.15. The van der Waals surface area contributed by atoms with Gasteiger partial charge in [0, 0.05) is 7.05 Å². The van der Waals surface area contributed by atoms with Crippen LogP contribution in [-0.4, -0.2) is 24.6 Å². The fourth-order valence-corrected chi connectivity index (χ4v) is 1.63. The van der Waals surface area contributed by atoms with Gasteiger partial charge >= 0.3 is 6.61 Å². The highest BCUT2D eigenvalue weighted by Crippen LogP contribution is 2.25. The molecule has 0 spiro atoms. The maximum absolute atomic E-state index is 12.3. The SMILES string of the molecule is CNc1ccc(C(=O)Nc2ccccc2OC(F)F)nc1. The van der Waals surface area contributed by atoms with Crippen molar-refractivity contribution in [2.45, 2.75) is 6.61 Å². The number of carbonyl (C=O) groups excluding carboxylic acids is 1. The Morgan fingerprint density at radius 3 is 2.62 bits per heavy atom. The fraction of sp³-hybridized carbons (Fsp3) is 0.143. The van der Waals surface area contributed by atoms with Crippen LogP contribution in [0, 0.1) is 0 Å². The van der Waals surface area contributed by atoms with Gasteiger partial charge < -0.3 is 15.4 Å². The molecule has 2 aromatic rings. The molecule has 21 heavy (non-hydrogen) atoms. The second-order valence-electron chi connectivity index (χ2n) is 4.01. The quantitative estimate of drug-likeness (QED) is 0.889. The van der Waals surface area contributed by atoms with Crippen molar-refractivity contribution in [1.82, 2.24) is 4.98 Å². The molecular weight excluding hydrogens is 280 g/mol. The van der Waals surface area contributed by atoms with Crippen LogP contribution >= 0.6 is 0 Å². The van der Waals surface area contributed by atoms with Crippen molar-refractivity contribution < 1.29 is 18.3 Å². The van der Waals surface area contributed by atoms with E-state index >= 15 is 0 Å². The Morgan fingerprint density at radius 2 is 2.00 bits per heavy atom. The molecule has 0 radical (unpaired) electrons. The van der Waals surface area contributed by atoms with E-state index in [9.17, 15) is 13.6 Å². The number of para-hydroxylation sites is 2. The van der Waals surface area contributed by atoms with Gasteiger partial charge in [-0.15, -0.1) is 0 Å². The van der Waals surface area contributed by atoms with Crippen LogP contribution in [0.2, 0.25) is 0 Å². The Labute approximate surface area is 120 Å². The molecule has 0 saturated heterocycles. The van der Waals surface area contributed by atoms with Gasteiger partial charge in [0.2, 0.25) is 0 Å². The minimum Gasteiger partial charge on any atom is -0.433 e. The summed E-state index contributed by atoms with van der Waals surface area (Å²) >= 11 is 0. The lowest BCUT2D eigenvalue weighted by molar-refractivity contribution is -0.0493. The molecule has 1 aromatic carbocycles. The lowest BCUT2D eigenvalue weighted by Gasteiger charge is -2.11. The Kier molecular flexibility index (Phi) is 4.65. The van der Waals surface area contributed by atoms with E-state index in [1.165, 1.54) is 30.5 Å². The van der Waals surface area contributed by atoms with Crippen LogP contribution in [0.4, 0.5) is 20.2 Å². The maximum Gasteiger partial charge on any atom is 0.387 e. The molecule has 0 atom stereocenters. The molecule has 7 heteroatoms. The number of ether oxygens (including phenoxy) is 1. The number of nitrogens with zero attached hydrogens (tertiary/aromatic N) is 1.